The molecule has 0 heterocycles. The average molecular weight is 298 g/mol. The Bertz CT molecular complexity index is 376. The molecule has 1 aliphatic rings. The summed E-state index contributed by atoms with van der Waals surface area (Å²) in [5.74, 6) is 2.11. The molecule has 1 aliphatic carbocycles. The molecule has 17 heavy (non-hydrogen) atoms. The van der Waals surface area contributed by atoms with Crippen molar-refractivity contribution in [3.05, 3.63) is 28.2 Å². The van der Waals surface area contributed by atoms with Crippen molar-refractivity contribution in [1.29, 1.82) is 0 Å². The summed E-state index contributed by atoms with van der Waals surface area (Å²) < 4.78 is 6.87. The Morgan fingerprint density at radius 3 is 2.76 bits per heavy atom. The van der Waals surface area contributed by atoms with Crippen molar-refractivity contribution < 1.29 is 4.74 Å². The minimum atomic E-state index is 0.395. The van der Waals surface area contributed by atoms with Gasteiger partial charge in [-0.1, -0.05) is 19.4 Å². The third kappa shape index (κ3) is 3.23. The zero-order valence-corrected chi connectivity index (χ0v) is 11.9. The molecule has 0 aromatic heterocycles. The maximum atomic E-state index is 5.83. The van der Waals surface area contributed by atoms with Crippen LogP contribution in [-0.4, -0.2) is 13.2 Å². The first-order chi connectivity index (χ1) is 8.20. The molecule has 1 saturated carbocycles. The fourth-order valence-electron chi connectivity index (χ4n) is 1.94. The Morgan fingerprint density at radius 2 is 2.24 bits per heavy atom. The van der Waals surface area contributed by atoms with E-state index in [0.717, 1.165) is 22.7 Å². The molecule has 1 atom stereocenters. The largest absolute Gasteiger partial charge is 0.492 e. The minimum absolute atomic E-state index is 0.395. The zero-order chi connectivity index (χ0) is 12.3. The molecule has 1 aromatic rings. The molecule has 1 fully saturated rings. The van der Waals surface area contributed by atoms with E-state index in [2.05, 4.69) is 35.0 Å². The van der Waals surface area contributed by atoms with E-state index in [0.29, 0.717) is 12.5 Å². The lowest BCUT2D eigenvalue weighted by atomic mass is 9.86. The van der Waals surface area contributed by atoms with Gasteiger partial charge >= 0.3 is 0 Å². The summed E-state index contributed by atoms with van der Waals surface area (Å²) in [7, 11) is 0. The lowest BCUT2D eigenvalue weighted by Gasteiger charge is -2.25. The summed E-state index contributed by atoms with van der Waals surface area (Å²) in [6.45, 7) is 3.66. The van der Waals surface area contributed by atoms with Gasteiger partial charge in [0.05, 0.1) is 11.1 Å². The predicted octanol–water partition coefficient (Wildman–Crippen LogP) is 3.69. The van der Waals surface area contributed by atoms with Crippen LogP contribution in [0, 0.1) is 5.92 Å². The van der Waals surface area contributed by atoms with Gasteiger partial charge in [-0.3, -0.25) is 0 Å². The second-order valence-electron chi connectivity index (χ2n) is 4.93. The molecule has 0 saturated heterocycles. The molecular weight excluding hydrogens is 278 g/mol. The van der Waals surface area contributed by atoms with E-state index in [1.807, 2.05) is 6.07 Å². The molecule has 2 N–H and O–H groups in total. The number of hydrogen-bond acceptors (Lipinski definition) is 2. The van der Waals surface area contributed by atoms with E-state index in [1.165, 1.54) is 24.8 Å². The molecule has 0 bridgehead atoms. The average Bonchev–Trinajstić information content (AvgIpc) is 2.28. The number of rotatable bonds is 5. The van der Waals surface area contributed by atoms with Crippen molar-refractivity contribution in [3.8, 4) is 5.75 Å². The number of ether oxygens (including phenoxy) is 1. The SMILES string of the molecule is CC(CN)c1ccc(OCC2CCC2)c(Br)c1. The highest BCUT2D eigenvalue weighted by Gasteiger charge is 2.18. The second-order valence-corrected chi connectivity index (χ2v) is 5.79. The van der Waals surface area contributed by atoms with Crippen LogP contribution in [0.5, 0.6) is 5.75 Å². The predicted molar refractivity (Wildman–Crippen MR) is 74.4 cm³/mol. The Hall–Kier alpha value is -0.540. The summed E-state index contributed by atoms with van der Waals surface area (Å²) >= 11 is 3.57. The van der Waals surface area contributed by atoms with Gasteiger partial charge in [0, 0.05) is 0 Å². The van der Waals surface area contributed by atoms with E-state index in [4.69, 9.17) is 10.5 Å². The first kappa shape index (κ1) is 12.9. The van der Waals surface area contributed by atoms with Crippen LogP contribution in [0.3, 0.4) is 0 Å². The molecule has 0 aliphatic heterocycles. The highest BCUT2D eigenvalue weighted by atomic mass is 79.9. The molecule has 0 spiro atoms. The third-order valence-electron chi connectivity index (χ3n) is 3.58. The smallest absolute Gasteiger partial charge is 0.133 e. The molecule has 1 unspecified atom stereocenters. The van der Waals surface area contributed by atoms with Gasteiger partial charge in [0.2, 0.25) is 0 Å². The Labute approximate surface area is 112 Å². The minimum Gasteiger partial charge on any atom is -0.492 e. The molecule has 0 amide bonds. The number of benzene rings is 1. The Kier molecular flexibility index (Phi) is 4.46. The molecule has 94 valence electrons. The maximum absolute atomic E-state index is 5.83. The molecule has 3 heteroatoms. The first-order valence-corrected chi connectivity index (χ1v) is 7.12. The van der Waals surface area contributed by atoms with Crippen molar-refractivity contribution >= 4 is 15.9 Å². The van der Waals surface area contributed by atoms with Gasteiger partial charge in [0.25, 0.3) is 0 Å². The molecule has 2 rings (SSSR count). The standard InChI is InChI=1S/C14H20BrNO/c1-10(8-16)12-5-6-14(13(15)7-12)17-9-11-3-2-4-11/h5-7,10-11H,2-4,8-9,16H2,1H3. The molecule has 2 nitrogen and oxygen atoms in total. The lowest BCUT2D eigenvalue weighted by Crippen LogP contribution is -2.19. The van der Waals surface area contributed by atoms with Gasteiger partial charge in [-0.2, -0.15) is 0 Å². The van der Waals surface area contributed by atoms with Crippen molar-refractivity contribution in [2.45, 2.75) is 32.1 Å². The van der Waals surface area contributed by atoms with Crippen molar-refractivity contribution in [2.24, 2.45) is 11.7 Å². The van der Waals surface area contributed by atoms with Crippen molar-refractivity contribution in [2.75, 3.05) is 13.2 Å². The Balaban J connectivity index is 1.97. The third-order valence-corrected chi connectivity index (χ3v) is 4.20. The topological polar surface area (TPSA) is 35.2 Å². The van der Waals surface area contributed by atoms with Gasteiger partial charge in [0.1, 0.15) is 5.75 Å². The summed E-state index contributed by atoms with van der Waals surface area (Å²) in [4.78, 5) is 0. The highest BCUT2D eigenvalue weighted by molar-refractivity contribution is 9.10. The lowest BCUT2D eigenvalue weighted by molar-refractivity contribution is 0.180. The number of nitrogens with two attached hydrogens (primary N) is 1. The van der Waals surface area contributed by atoms with Gasteiger partial charge < -0.3 is 10.5 Å². The van der Waals surface area contributed by atoms with E-state index < -0.39 is 0 Å². The highest BCUT2D eigenvalue weighted by Crippen LogP contribution is 2.31. The quantitative estimate of drug-likeness (QED) is 0.899. The van der Waals surface area contributed by atoms with Gasteiger partial charge in [-0.25, -0.2) is 0 Å². The van der Waals surface area contributed by atoms with Crippen LogP contribution in [0.4, 0.5) is 0 Å². The normalized spacial score (nSPS) is 17.6. The van der Waals surface area contributed by atoms with Gasteiger partial charge in [-0.05, 0) is 64.8 Å². The summed E-state index contributed by atoms with van der Waals surface area (Å²) in [6, 6.07) is 6.27. The van der Waals surface area contributed by atoms with Crippen LogP contribution in [0.2, 0.25) is 0 Å². The van der Waals surface area contributed by atoms with Crippen molar-refractivity contribution in [1.82, 2.24) is 0 Å². The van der Waals surface area contributed by atoms with Crippen LogP contribution in [0.25, 0.3) is 0 Å². The second kappa shape index (κ2) is 5.87. The van der Waals surface area contributed by atoms with Gasteiger partial charge in [-0.15, -0.1) is 0 Å². The zero-order valence-electron chi connectivity index (χ0n) is 10.3. The number of hydrogen-bond donors (Lipinski definition) is 1. The Morgan fingerprint density at radius 1 is 1.47 bits per heavy atom. The van der Waals surface area contributed by atoms with Crippen LogP contribution < -0.4 is 10.5 Å². The van der Waals surface area contributed by atoms with E-state index in [-0.39, 0.29) is 0 Å². The fraction of sp³-hybridized carbons (Fsp3) is 0.571. The molecular formula is C14H20BrNO. The van der Waals surface area contributed by atoms with Crippen molar-refractivity contribution in [3.63, 3.8) is 0 Å². The summed E-state index contributed by atoms with van der Waals surface area (Å²) in [5, 5.41) is 0. The first-order valence-electron chi connectivity index (χ1n) is 6.33. The fourth-order valence-corrected chi connectivity index (χ4v) is 2.45. The maximum Gasteiger partial charge on any atom is 0.133 e. The van der Waals surface area contributed by atoms with E-state index in [9.17, 15) is 0 Å². The van der Waals surface area contributed by atoms with Crippen LogP contribution in [0.15, 0.2) is 22.7 Å². The van der Waals surface area contributed by atoms with Gasteiger partial charge in [0.15, 0.2) is 0 Å². The van der Waals surface area contributed by atoms with Crippen LogP contribution in [0.1, 0.15) is 37.7 Å². The molecule has 0 radical (unpaired) electrons. The summed E-state index contributed by atoms with van der Waals surface area (Å²) in [6.07, 6.45) is 4.00. The number of halogens is 1. The summed E-state index contributed by atoms with van der Waals surface area (Å²) in [5.41, 5.74) is 6.93. The molecule has 1 aromatic carbocycles. The van der Waals surface area contributed by atoms with Crippen LogP contribution in [-0.2, 0) is 0 Å². The van der Waals surface area contributed by atoms with E-state index in [1.54, 1.807) is 0 Å². The monoisotopic (exact) mass is 297 g/mol. The van der Waals surface area contributed by atoms with E-state index >= 15 is 0 Å². The van der Waals surface area contributed by atoms with Crippen LogP contribution >= 0.6 is 15.9 Å².